The van der Waals surface area contributed by atoms with E-state index >= 15 is 0 Å². The van der Waals surface area contributed by atoms with Crippen molar-refractivity contribution in [2.24, 2.45) is 5.41 Å². The lowest BCUT2D eigenvalue weighted by molar-refractivity contribution is -0.136. The topological polar surface area (TPSA) is 38.3 Å². The van der Waals surface area contributed by atoms with Crippen LogP contribution >= 0.6 is 0 Å². The second kappa shape index (κ2) is 7.12. The SMILES string of the molecule is C/C=C\C(NCC12CC3c4ccccc4C(c4ccccc41)C32CC)=C(/C)C(=O)OC. The van der Waals surface area contributed by atoms with Gasteiger partial charge in [0.25, 0.3) is 0 Å². The molecule has 1 saturated carbocycles. The van der Waals surface area contributed by atoms with E-state index in [1.165, 1.54) is 23.8 Å². The third-order valence-corrected chi connectivity index (χ3v) is 8.44. The molecule has 3 nitrogen and oxygen atoms in total. The molecule has 5 rings (SSSR count). The van der Waals surface area contributed by atoms with Gasteiger partial charge in [-0.05, 0) is 66.4 Å². The number of ether oxygens (including phenoxy) is 1. The minimum absolute atomic E-state index is 0.0654. The van der Waals surface area contributed by atoms with Crippen molar-refractivity contribution in [2.45, 2.75) is 50.9 Å². The number of hydrogen-bond donors (Lipinski definition) is 1. The molecule has 0 spiro atoms. The summed E-state index contributed by atoms with van der Waals surface area (Å²) >= 11 is 0. The molecule has 2 aromatic rings. The van der Waals surface area contributed by atoms with Gasteiger partial charge < -0.3 is 10.1 Å². The van der Waals surface area contributed by atoms with Gasteiger partial charge in [0.15, 0.2) is 0 Å². The van der Waals surface area contributed by atoms with Crippen molar-refractivity contribution >= 4 is 5.97 Å². The van der Waals surface area contributed by atoms with Gasteiger partial charge in [-0.1, -0.05) is 61.5 Å². The number of benzene rings is 2. The molecule has 0 heterocycles. The predicted octanol–water partition coefficient (Wildman–Crippen LogP) is 5.58. The number of esters is 1. The van der Waals surface area contributed by atoms with Crippen molar-refractivity contribution in [2.75, 3.05) is 13.7 Å². The monoisotopic (exact) mass is 413 g/mol. The molecule has 4 unspecified atom stereocenters. The minimum Gasteiger partial charge on any atom is -0.466 e. The van der Waals surface area contributed by atoms with E-state index in [9.17, 15) is 4.79 Å². The Morgan fingerprint density at radius 1 is 1.13 bits per heavy atom. The maximum atomic E-state index is 12.2. The number of hydrogen-bond acceptors (Lipinski definition) is 3. The first-order valence-electron chi connectivity index (χ1n) is 11.4. The molecule has 160 valence electrons. The van der Waals surface area contributed by atoms with Crippen LogP contribution < -0.4 is 5.32 Å². The van der Waals surface area contributed by atoms with E-state index in [2.05, 4.69) is 60.8 Å². The molecule has 31 heavy (non-hydrogen) atoms. The standard InChI is InChI=1S/C28H31NO2/c1-5-11-24(18(3)26(30)31-4)29-17-27-16-23-19-12-7-8-13-20(19)25(28(23,27)6-2)21-14-9-10-15-22(21)27/h5,7-15,23,25,29H,6,16-17H2,1-4H3/b11-5-,24-18-. The number of carbonyl (C=O) groups is 1. The van der Waals surface area contributed by atoms with Crippen molar-refractivity contribution in [3.8, 4) is 0 Å². The molecular formula is C28H31NO2. The smallest absolute Gasteiger partial charge is 0.335 e. The Morgan fingerprint density at radius 2 is 1.81 bits per heavy atom. The van der Waals surface area contributed by atoms with Crippen LogP contribution in [-0.2, 0) is 14.9 Å². The molecule has 3 heteroatoms. The highest BCUT2D eigenvalue weighted by atomic mass is 16.5. The number of methoxy groups -OCH3 is 1. The molecule has 0 bridgehead atoms. The maximum absolute atomic E-state index is 12.2. The molecule has 0 aliphatic heterocycles. The number of rotatable bonds is 6. The summed E-state index contributed by atoms with van der Waals surface area (Å²) in [7, 11) is 1.44. The van der Waals surface area contributed by atoms with Gasteiger partial charge in [-0.15, -0.1) is 0 Å². The highest BCUT2D eigenvalue weighted by Gasteiger charge is 2.75. The van der Waals surface area contributed by atoms with E-state index in [1.54, 1.807) is 5.56 Å². The lowest BCUT2D eigenvalue weighted by Gasteiger charge is -2.61. The van der Waals surface area contributed by atoms with E-state index in [-0.39, 0.29) is 16.8 Å². The molecule has 3 aliphatic carbocycles. The van der Waals surface area contributed by atoms with Gasteiger partial charge in [0.05, 0.1) is 12.7 Å². The Bertz CT molecular complexity index is 1110. The largest absolute Gasteiger partial charge is 0.466 e. The maximum Gasteiger partial charge on any atom is 0.335 e. The highest BCUT2D eigenvalue weighted by Crippen LogP contribution is 2.81. The average Bonchev–Trinajstić information content (AvgIpc) is 3.13. The second-order valence-corrected chi connectivity index (χ2v) is 9.27. The van der Waals surface area contributed by atoms with Crippen LogP contribution in [0, 0.1) is 5.41 Å². The fourth-order valence-corrected chi connectivity index (χ4v) is 7.26. The normalized spacial score (nSPS) is 30.2. The van der Waals surface area contributed by atoms with E-state index in [4.69, 9.17) is 4.74 Å². The fraction of sp³-hybridized carbons (Fsp3) is 0.393. The van der Waals surface area contributed by atoms with Gasteiger partial charge >= 0.3 is 5.97 Å². The lowest BCUT2D eigenvalue weighted by atomic mass is 9.42. The highest BCUT2D eigenvalue weighted by molar-refractivity contribution is 5.89. The summed E-state index contributed by atoms with van der Waals surface area (Å²) in [6.45, 7) is 7.01. The minimum atomic E-state index is -0.284. The van der Waals surface area contributed by atoms with Gasteiger partial charge in [-0.3, -0.25) is 0 Å². The molecule has 2 aromatic carbocycles. The molecule has 3 aliphatic rings. The molecule has 1 N–H and O–H groups in total. The lowest BCUT2D eigenvalue weighted by Crippen LogP contribution is -2.60. The fourth-order valence-electron chi connectivity index (χ4n) is 7.26. The quantitative estimate of drug-likeness (QED) is 0.382. The van der Waals surface area contributed by atoms with Gasteiger partial charge in [0.1, 0.15) is 0 Å². The molecule has 1 fully saturated rings. The Hall–Kier alpha value is -2.81. The summed E-state index contributed by atoms with van der Waals surface area (Å²) in [4.78, 5) is 12.2. The van der Waals surface area contributed by atoms with Crippen LogP contribution in [0.2, 0.25) is 0 Å². The van der Waals surface area contributed by atoms with Crippen molar-refractivity contribution in [3.63, 3.8) is 0 Å². The number of allylic oxidation sites excluding steroid dienone is 2. The van der Waals surface area contributed by atoms with E-state index in [0.29, 0.717) is 17.4 Å². The summed E-state index contributed by atoms with van der Waals surface area (Å²) < 4.78 is 4.98. The molecule has 0 radical (unpaired) electrons. The number of fused-ring (bicyclic) bond motifs is 6. The van der Waals surface area contributed by atoms with Gasteiger partial charge in [0, 0.05) is 23.6 Å². The Kier molecular flexibility index (Phi) is 4.62. The zero-order valence-electron chi connectivity index (χ0n) is 18.9. The summed E-state index contributed by atoms with van der Waals surface area (Å²) in [6, 6.07) is 18.2. The van der Waals surface area contributed by atoms with Gasteiger partial charge in [-0.25, -0.2) is 4.79 Å². The molecule has 0 saturated heterocycles. The second-order valence-electron chi connectivity index (χ2n) is 9.27. The Balaban J connectivity index is 1.61. The van der Waals surface area contributed by atoms with Gasteiger partial charge in [0.2, 0.25) is 0 Å². The first kappa shape index (κ1) is 20.1. The first-order chi connectivity index (χ1) is 15.1. The van der Waals surface area contributed by atoms with Crippen molar-refractivity contribution in [1.82, 2.24) is 5.32 Å². The van der Waals surface area contributed by atoms with Crippen molar-refractivity contribution in [1.29, 1.82) is 0 Å². The summed E-state index contributed by atoms with van der Waals surface area (Å²) in [5, 5.41) is 3.69. The summed E-state index contributed by atoms with van der Waals surface area (Å²) in [6.07, 6.45) is 6.26. The van der Waals surface area contributed by atoms with Crippen molar-refractivity contribution < 1.29 is 9.53 Å². The Labute approximate surface area is 185 Å². The van der Waals surface area contributed by atoms with Crippen molar-refractivity contribution in [3.05, 3.63) is 94.2 Å². The van der Waals surface area contributed by atoms with Crippen LogP contribution in [0.5, 0.6) is 0 Å². The molecule has 0 aromatic heterocycles. The molecule has 4 atom stereocenters. The third-order valence-electron chi connectivity index (χ3n) is 8.44. The summed E-state index contributed by atoms with van der Waals surface area (Å²) in [5.74, 6) is 0.776. The van der Waals surface area contributed by atoms with E-state index < -0.39 is 0 Å². The van der Waals surface area contributed by atoms with Crippen LogP contribution in [0.1, 0.15) is 67.7 Å². The predicted molar refractivity (Wildman–Crippen MR) is 124 cm³/mol. The van der Waals surface area contributed by atoms with Crippen LogP contribution in [-0.4, -0.2) is 19.6 Å². The molecular weight excluding hydrogens is 382 g/mol. The number of carbonyl (C=O) groups excluding carboxylic acids is 1. The Morgan fingerprint density at radius 3 is 2.48 bits per heavy atom. The zero-order valence-corrected chi connectivity index (χ0v) is 18.9. The van der Waals surface area contributed by atoms with Crippen LogP contribution in [0.15, 0.2) is 72.0 Å². The summed E-state index contributed by atoms with van der Waals surface area (Å²) in [5.41, 5.74) is 7.82. The van der Waals surface area contributed by atoms with Gasteiger partial charge in [-0.2, -0.15) is 0 Å². The van der Waals surface area contributed by atoms with E-state index in [0.717, 1.165) is 25.1 Å². The average molecular weight is 414 g/mol. The number of nitrogens with one attached hydrogen (secondary N) is 1. The third kappa shape index (κ3) is 2.38. The zero-order chi connectivity index (χ0) is 21.8. The van der Waals surface area contributed by atoms with Crippen LogP contribution in [0.3, 0.4) is 0 Å². The molecule has 0 amide bonds. The van der Waals surface area contributed by atoms with Crippen LogP contribution in [0.25, 0.3) is 0 Å². The first-order valence-corrected chi connectivity index (χ1v) is 11.4. The van der Waals surface area contributed by atoms with Crippen LogP contribution in [0.4, 0.5) is 0 Å². The van der Waals surface area contributed by atoms with E-state index in [1.807, 2.05) is 26.0 Å².